The SMILES string of the molecule is COc1cc(NC(=O)c2sc(COc3ccc(F)cc3)nc2C)cc(OC)c1. The topological polar surface area (TPSA) is 69.7 Å². The number of carbonyl (C=O) groups excluding carboxylic acids is 1. The van der Waals surface area contributed by atoms with Crippen LogP contribution < -0.4 is 19.5 Å². The van der Waals surface area contributed by atoms with E-state index < -0.39 is 0 Å². The number of nitrogens with zero attached hydrogens (tertiary/aromatic N) is 1. The minimum atomic E-state index is -0.328. The predicted molar refractivity (Wildman–Crippen MR) is 105 cm³/mol. The zero-order valence-corrected chi connectivity index (χ0v) is 16.4. The molecule has 0 fully saturated rings. The molecular weight excluding hydrogens is 383 g/mol. The molecule has 28 heavy (non-hydrogen) atoms. The summed E-state index contributed by atoms with van der Waals surface area (Å²) in [6.07, 6.45) is 0. The first-order chi connectivity index (χ1) is 13.5. The van der Waals surface area contributed by atoms with Crippen LogP contribution in [0.5, 0.6) is 17.2 Å². The number of methoxy groups -OCH3 is 2. The number of halogens is 1. The number of hydrogen-bond donors (Lipinski definition) is 1. The van der Waals surface area contributed by atoms with E-state index in [0.717, 1.165) is 0 Å². The number of anilines is 1. The molecule has 0 unspecified atom stereocenters. The molecule has 8 heteroatoms. The van der Waals surface area contributed by atoms with Gasteiger partial charge in [0.25, 0.3) is 5.91 Å². The summed E-state index contributed by atoms with van der Waals surface area (Å²) in [4.78, 5) is 17.5. The Morgan fingerprint density at radius 3 is 2.32 bits per heavy atom. The number of thiazole rings is 1. The Kier molecular flexibility index (Phi) is 6.10. The van der Waals surface area contributed by atoms with Crippen LogP contribution in [0.2, 0.25) is 0 Å². The number of benzene rings is 2. The van der Waals surface area contributed by atoms with Crippen LogP contribution in [0.1, 0.15) is 20.4 Å². The summed E-state index contributed by atoms with van der Waals surface area (Å²) >= 11 is 1.24. The Bertz CT molecular complexity index is 951. The molecule has 0 aliphatic rings. The molecule has 1 heterocycles. The lowest BCUT2D eigenvalue weighted by Crippen LogP contribution is -2.11. The molecule has 3 aromatic rings. The van der Waals surface area contributed by atoms with E-state index in [-0.39, 0.29) is 18.3 Å². The number of amides is 1. The Balaban J connectivity index is 1.70. The first-order valence-electron chi connectivity index (χ1n) is 8.37. The molecule has 1 amide bonds. The van der Waals surface area contributed by atoms with Gasteiger partial charge in [0.2, 0.25) is 0 Å². The maximum atomic E-state index is 12.9. The molecule has 2 aromatic carbocycles. The van der Waals surface area contributed by atoms with Crippen LogP contribution in [-0.4, -0.2) is 25.1 Å². The number of aromatic nitrogens is 1. The summed E-state index contributed by atoms with van der Waals surface area (Å²) in [5.74, 6) is 1.07. The second-order valence-corrected chi connectivity index (χ2v) is 6.90. The van der Waals surface area contributed by atoms with Gasteiger partial charge in [0.1, 0.15) is 39.6 Å². The highest BCUT2D eigenvalue weighted by Gasteiger charge is 2.16. The van der Waals surface area contributed by atoms with Crippen LogP contribution >= 0.6 is 11.3 Å². The molecule has 3 rings (SSSR count). The monoisotopic (exact) mass is 402 g/mol. The fraction of sp³-hybridized carbons (Fsp3) is 0.200. The smallest absolute Gasteiger partial charge is 0.267 e. The van der Waals surface area contributed by atoms with Gasteiger partial charge in [-0.2, -0.15) is 0 Å². The zero-order valence-electron chi connectivity index (χ0n) is 15.6. The summed E-state index contributed by atoms with van der Waals surface area (Å²) in [5.41, 5.74) is 1.16. The van der Waals surface area contributed by atoms with Gasteiger partial charge in [0, 0.05) is 23.9 Å². The summed E-state index contributed by atoms with van der Waals surface area (Å²) < 4.78 is 29.0. The Morgan fingerprint density at radius 1 is 1.07 bits per heavy atom. The molecule has 0 aliphatic heterocycles. The maximum Gasteiger partial charge on any atom is 0.267 e. The molecule has 146 valence electrons. The van der Waals surface area contributed by atoms with Crippen molar-refractivity contribution in [2.75, 3.05) is 19.5 Å². The highest BCUT2D eigenvalue weighted by Crippen LogP contribution is 2.27. The predicted octanol–water partition coefficient (Wildman–Crippen LogP) is 4.44. The first kappa shape index (κ1) is 19.6. The van der Waals surface area contributed by atoms with E-state index in [1.807, 2.05) is 0 Å². The van der Waals surface area contributed by atoms with E-state index in [1.165, 1.54) is 23.5 Å². The van der Waals surface area contributed by atoms with Gasteiger partial charge in [-0.1, -0.05) is 0 Å². The maximum absolute atomic E-state index is 12.9. The summed E-state index contributed by atoms with van der Waals surface area (Å²) in [6, 6.07) is 10.9. The van der Waals surface area contributed by atoms with E-state index in [0.29, 0.717) is 38.5 Å². The van der Waals surface area contributed by atoms with Gasteiger partial charge >= 0.3 is 0 Å². The van der Waals surface area contributed by atoms with E-state index in [9.17, 15) is 9.18 Å². The lowest BCUT2D eigenvalue weighted by molar-refractivity contribution is 0.103. The van der Waals surface area contributed by atoms with E-state index in [1.54, 1.807) is 51.5 Å². The molecule has 0 saturated carbocycles. The van der Waals surface area contributed by atoms with Gasteiger partial charge < -0.3 is 19.5 Å². The van der Waals surface area contributed by atoms with Crippen molar-refractivity contribution in [1.82, 2.24) is 4.98 Å². The van der Waals surface area contributed by atoms with Crippen LogP contribution in [-0.2, 0) is 6.61 Å². The molecule has 0 atom stereocenters. The Hall–Kier alpha value is -3.13. The second kappa shape index (κ2) is 8.71. The molecule has 1 N–H and O–H groups in total. The second-order valence-electron chi connectivity index (χ2n) is 5.82. The van der Waals surface area contributed by atoms with Crippen molar-refractivity contribution in [3.63, 3.8) is 0 Å². The quantitative estimate of drug-likeness (QED) is 0.633. The van der Waals surface area contributed by atoms with E-state index in [2.05, 4.69) is 10.3 Å². The third kappa shape index (κ3) is 4.77. The minimum Gasteiger partial charge on any atom is -0.497 e. The number of aryl methyl sites for hydroxylation is 1. The van der Waals surface area contributed by atoms with Gasteiger partial charge in [0.15, 0.2) is 0 Å². The summed E-state index contributed by atoms with van der Waals surface area (Å²) in [7, 11) is 3.09. The van der Waals surface area contributed by atoms with Gasteiger partial charge in [-0.3, -0.25) is 4.79 Å². The third-order valence-electron chi connectivity index (χ3n) is 3.83. The van der Waals surface area contributed by atoms with Crippen molar-refractivity contribution < 1.29 is 23.4 Å². The van der Waals surface area contributed by atoms with Gasteiger partial charge in [-0.15, -0.1) is 11.3 Å². The molecule has 0 spiro atoms. The Labute approximate surface area is 165 Å². The van der Waals surface area contributed by atoms with Crippen molar-refractivity contribution in [1.29, 1.82) is 0 Å². The van der Waals surface area contributed by atoms with Crippen LogP contribution in [0.15, 0.2) is 42.5 Å². The number of ether oxygens (including phenoxy) is 3. The van der Waals surface area contributed by atoms with Crippen molar-refractivity contribution >= 4 is 22.9 Å². The molecule has 0 radical (unpaired) electrons. The Morgan fingerprint density at radius 2 is 1.71 bits per heavy atom. The van der Waals surface area contributed by atoms with Crippen molar-refractivity contribution in [3.8, 4) is 17.2 Å². The number of carbonyl (C=O) groups is 1. The number of nitrogens with one attached hydrogen (secondary N) is 1. The fourth-order valence-corrected chi connectivity index (χ4v) is 3.34. The van der Waals surface area contributed by atoms with Crippen molar-refractivity contribution in [2.24, 2.45) is 0 Å². The van der Waals surface area contributed by atoms with Crippen LogP contribution in [0.25, 0.3) is 0 Å². The van der Waals surface area contributed by atoms with E-state index >= 15 is 0 Å². The van der Waals surface area contributed by atoms with Gasteiger partial charge in [-0.05, 0) is 31.2 Å². The highest BCUT2D eigenvalue weighted by atomic mass is 32.1. The summed E-state index contributed by atoms with van der Waals surface area (Å²) in [5, 5.41) is 3.48. The standard InChI is InChI=1S/C20H19FN2O4S/c1-12-19(20(24)23-14-8-16(25-2)10-17(9-14)26-3)28-18(22-12)11-27-15-6-4-13(21)5-7-15/h4-10H,11H2,1-3H3,(H,23,24). The van der Waals surface area contributed by atoms with Gasteiger partial charge in [-0.25, -0.2) is 9.37 Å². The molecule has 6 nitrogen and oxygen atoms in total. The first-order valence-corrected chi connectivity index (χ1v) is 9.19. The van der Waals surface area contributed by atoms with Crippen LogP contribution in [0.4, 0.5) is 10.1 Å². The fourth-order valence-electron chi connectivity index (χ4n) is 2.47. The highest BCUT2D eigenvalue weighted by molar-refractivity contribution is 7.13. The minimum absolute atomic E-state index is 0.192. The van der Waals surface area contributed by atoms with Crippen LogP contribution in [0.3, 0.4) is 0 Å². The molecular formula is C20H19FN2O4S. The van der Waals surface area contributed by atoms with E-state index in [4.69, 9.17) is 14.2 Å². The number of hydrogen-bond acceptors (Lipinski definition) is 6. The lowest BCUT2D eigenvalue weighted by Gasteiger charge is -2.09. The van der Waals surface area contributed by atoms with Crippen molar-refractivity contribution in [2.45, 2.75) is 13.5 Å². The number of rotatable bonds is 7. The average molecular weight is 402 g/mol. The third-order valence-corrected chi connectivity index (χ3v) is 4.96. The summed E-state index contributed by atoms with van der Waals surface area (Å²) in [6.45, 7) is 1.95. The van der Waals surface area contributed by atoms with Crippen molar-refractivity contribution in [3.05, 3.63) is 63.9 Å². The zero-order chi connectivity index (χ0) is 20.1. The normalized spacial score (nSPS) is 10.4. The molecule has 0 bridgehead atoms. The molecule has 1 aromatic heterocycles. The molecule has 0 saturated heterocycles. The van der Waals surface area contributed by atoms with Crippen LogP contribution in [0, 0.1) is 12.7 Å². The average Bonchev–Trinajstić information content (AvgIpc) is 3.08. The lowest BCUT2D eigenvalue weighted by atomic mass is 10.2. The largest absolute Gasteiger partial charge is 0.497 e. The molecule has 0 aliphatic carbocycles. The van der Waals surface area contributed by atoms with Gasteiger partial charge in [0.05, 0.1) is 19.9 Å².